The summed E-state index contributed by atoms with van der Waals surface area (Å²) in [5.41, 5.74) is 9.86. The van der Waals surface area contributed by atoms with E-state index in [0.717, 1.165) is 28.1 Å². The Labute approximate surface area is 123 Å². The molecule has 0 atom stereocenters. The van der Waals surface area contributed by atoms with Gasteiger partial charge in [0.2, 0.25) is 0 Å². The molecule has 3 aromatic rings. The molecule has 0 aliphatic carbocycles. The molecule has 1 heterocycles. The van der Waals surface area contributed by atoms with Crippen molar-refractivity contribution >= 4 is 5.82 Å². The molecule has 0 saturated carbocycles. The largest absolute Gasteiger partial charge is 0.489 e. The molecule has 2 aromatic carbocycles. The predicted molar refractivity (Wildman–Crippen MR) is 83.9 cm³/mol. The van der Waals surface area contributed by atoms with Gasteiger partial charge in [0.1, 0.15) is 18.2 Å². The van der Waals surface area contributed by atoms with Crippen molar-refractivity contribution in [3.63, 3.8) is 0 Å². The van der Waals surface area contributed by atoms with E-state index in [0.29, 0.717) is 12.4 Å². The fourth-order valence-corrected chi connectivity index (χ4v) is 2.15. The Hall–Kier alpha value is -2.75. The minimum Gasteiger partial charge on any atom is -0.489 e. The number of nitrogens with zero attached hydrogens (tertiary/aromatic N) is 1. The zero-order valence-electron chi connectivity index (χ0n) is 11.8. The molecular weight excluding hydrogens is 262 g/mol. The second-order valence-electron chi connectivity index (χ2n) is 4.91. The van der Waals surface area contributed by atoms with E-state index in [4.69, 9.17) is 10.5 Å². The van der Waals surface area contributed by atoms with Crippen LogP contribution in [0.15, 0.2) is 54.6 Å². The lowest BCUT2D eigenvalue weighted by molar-refractivity contribution is 0.306. The van der Waals surface area contributed by atoms with Crippen LogP contribution in [0.3, 0.4) is 0 Å². The van der Waals surface area contributed by atoms with Gasteiger partial charge >= 0.3 is 0 Å². The van der Waals surface area contributed by atoms with Gasteiger partial charge in [-0.15, -0.1) is 0 Å². The Bertz CT molecular complexity index is 718. The van der Waals surface area contributed by atoms with Gasteiger partial charge in [0.15, 0.2) is 0 Å². The Morgan fingerprint density at radius 2 is 1.76 bits per heavy atom. The quantitative estimate of drug-likeness (QED) is 0.767. The van der Waals surface area contributed by atoms with Gasteiger partial charge in [0.25, 0.3) is 0 Å². The molecule has 3 N–H and O–H groups in total. The maximum atomic E-state index is 5.77. The van der Waals surface area contributed by atoms with Gasteiger partial charge in [-0.05, 0) is 36.8 Å². The first-order valence-corrected chi connectivity index (χ1v) is 6.81. The van der Waals surface area contributed by atoms with Gasteiger partial charge < -0.3 is 10.5 Å². The summed E-state index contributed by atoms with van der Waals surface area (Å²) in [6.07, 6.45) is 0. The molecule has 0 radical (unpaired) electrons. The Kier molecular flexibility index (Phi) is 3.60. The Morgan fingerprint density at radius 3 is 2.38 bits per heavy atom. The monoisotopic (exact) mass is 279 g/mol. The zero-order chi connectivity index (χ0) is 14.7. The van der Waals surface area contributed by atoms with Crippen molar-refractivity contribution in [2.75, 3.05) is 5.73 Å². The van der Waals surface area contributed by atoms with E-state index in [-0.39, 0.29) is 0 Å². The van der Waals surface area contributed by atoms with Crippen molar-refractivity contribution in [3.05, 3.63) is 65.7 Å². The number of hydrogen-bond acceptors (Lipinski definition) is 3. The van der Waals surface area contributed by atoms with Crippen molar-refractivity contribution < 1.29 is 4.74 Å². The van der Waals surface area contributed by atoms with Crippen LogP contribution in [0.4, 0.5) is 5.82 Å². The van der Waals surface area contributed by atoms with E-state index >= 15 is 0 Å². The molecule has 3 rings (SSSR count). The number of rotatable bonds is 4. The Balaban J connectivity index is 1.71. The molecule has 4 nitrogen and oxygen atoms in total. The number of benzene rings is 2. The van der Waals surface area contributed by atoms with E-state index in [9.17, 15) is 0 Å². The SMILES string of the molecule is Cc1c(N)n[nH]c1-c1ccc(OCc2ccccc2)cc1. The van der Waals surface area contributed by atoms with Gasteiger partial charge in [0.05, 0.1) is 5.69 Å². The molecule has 4 heteroatoms. The van der Waals surface area contributed by atoms with Gasteiger partial charge in [-0.3, -0.25) is 5.10 Å². The summed E-state index contributed by atoms with van der Waals surface area (Å²) in [6.45, 7) is 2.52. The van der Waals surface area contributed by atoms with Gasteiger partial charge in [-0.25, -0.2) is 0 Å². The molecule has 0 bridgehead atoms. The van der Waals surface area contributed by atoms with Crippen LogP contribution >= 0.6 is 0 Å². The van der Waals surface area contributed by atoms with Gasteiger partial charge in [-0.1, -0.05) is 30.3 Å². The van der Waals surface area contributed by atoms with Crippen LogP contribution in [0.5, 0.6) is 5.75 Å². The van der Waals surface area contributed by atoms with E-state index in [2.05, 4.69) is 10.2 Å². The van der Waals surface area contributed by atoms with Crippen molar-refractivity contribution in [3.8, 4) is 17.0 Å². The number of H-pyrrole nitrogens is 1. The molecule has 106 valence electrons. The van der Waals surface area contributed by atoms with Crippen LogP contribution in [0, 0.1) is 6.92 Å². The second kappa shape index (κ2) is 5.71. The highest BCUT2D eigenvalue weighted by molar-refractivity contribution is 5.67. The Morgan fingerprint density at radius 1 is 1.05 bits per heavy atom. The highest BCUT2D eigenvalue weighted by atomic mass is 16.5. The first-order chi connectivity index (χ1) is 10.2. The topological polar surface area (TPSA) is 63.9 Å². The summed E-state index contributed by atoms with van der Waals surface area (Å²) in [5.74, 6) is 1.38. The molecule has 0 aliphatic heterocycles. The van der Waals surface area contributed by atoms with Crippen molar-refractivity contribution in [1.29, 1.82) is 0 Å². The molecule has 0 unspecified atom stereocenters. The molecule has 21 heavy (non-hydrogen) atoms. The van der Waals surface area contributed by atoms with Crippen molar-refractivity contribution in [2.45, 2.75) is 13.5 Å². The smallest absolute Gasteiger partial charge is 0.148 e. The molecule has 0 amide bonds. The molecule has 0 aliphatic rings. The fraction of sp³-hybridized carbons (Fsp3) is 0.118. The summed E-state index contributed by atoms with van der Waals surface area (Å²) >= 11 is 0. The lowest BCUT2D eigenvalue weighted by atomic mass is 10.1. The van der Waals surface area contributed by atoms with E-state index in [1.165, 1.54) is 0 Å². The second-order valence-corrected chi connectivity index (χ2v) is 4.91. The third-order valence-electron chi connectivity index (χ3n) is 3.44. The van der Waals surface area contributed by atoms with E-state index < -0.39 is 0 Å². The highest BCUT2D eigenvalue weighted by Gasteiger charge is 2.08. The van der Waals surface area contributed by atoms with Crippen LogP contribution in [0.25, 0.3) is 11.3 Å². The van der Waals surface area contributed by atoms with Crippen LogP contribution in [-0.4, -0.2) is 10.2 Å². The molecule has 0 fully saturated rings. The average Bonchev–Trinajstić information content (AvgIpc) is 2.87. The summed E-state index contributed by atoms with van der Waals surface area (Å²) in [7, 11) is 0. The number of ether oxygens (including phenoxy) is 1. The maximum absolute atomic E-state index is 5.77. The fourth-order valence-electron chi connectivity index (χ4n) is 2.15. The van der Waals surface area contributed by atoms with Crippen molar-refractivity contribution in [1.82, 2.24) is 10.2 Å². The van der Waals surface area contributed by atoms with Crippen LogP contribution in [0.2, 0.25) is 0 Å². The number of aromatic nitrogens is 2. The molecule has 0 saturated heterocycles. The first kappa shape index (κ1) is 13.2. The summed E-state index contributed by atoms with van der Waals surface area (Å²) in [5, 5.41) is 6.96. The summed E-state index contributed by atoms with van der Waals surface area (Å²) in [6, 6.07) is 18.0. The lowest BCUT2D eigenvalue weighted by Gasteiger charge is -2.07. The predicted octanol–water partition coefficient (Wildman–Crippen LogP) is 3.55. The maximum Gasteiger partial charge on any atom is 0.148 e. The first-order valence-electron chi connectivity index (χ1n) is 6.81. The third-order valence-corrected chi connectivity index (χ3v) is 3.44. The van der Waals surface area contributed by atoms with E-state index in [1.807, 2.05) is 61.5 Å². The summed E-state index contributed by atoms with van der Waals surface area (Å²) < 4.78 is 5.77. The van der Waals surface area contributed by atoms with Crippen LogP contribution in [0.1, 0.15) is 11.1 Å². The number of hydrogen-bond donors (Lipinski definition) is 2. The molecule has 1 aromatic heterocycles. The lowest BCUT2D eigenvalue weighted by Crippen LogP contribution is -1.94. The minimum atomic E-state index is 0.536. The van der Waals surface area contributed by atoms with E-state index in [1.54, 1.807) is 0 Å². The van der Waals surface area contributed by atoms with Crippen LogP contribution in [-0.2, 0) is 6.61 Å². The van der Waals surface area contributed by atoms with Gasteiger partial charge in [0, 0.05) is 11.1 Å². The van der Waals surface area contributed by atoms with Gasteiger partial charge in [-0.2, -0.15) is 5.10 Å². The third kappa shape index (κ3) is 2.89. The number of anilines is 1. The standard InChI is InChI=1S/C17H17N3O/c1-12-16(19-20-17(12)18)14-7-9-15(10-8-14)21-11-13-5-3-2-4-6-13/h2-10H,11H2,1H3,(H3,18,19,20). The average molecular weight is 279 g/mol. The van der Waals surface area contributed by atoms with Crippen molar-refractivity contribution in [2.24, 2.45) is 0 Å². The zero-order valence-corrected chi connectivity index (χ0v) is 11.8. The number of nitrogen functional groups attached to an aromatic ring is 1. The van der Waals surface area contributed by atoms with Crippen LogP contribution < -0.4 is 10.5 Å². The molecule has 0 spiro atoms. The summed E-state index contributed by atoms with van der Waals surface area (Å²) in [4.78, 5) is 0. The number of nitrogens with two attached hydrogens (primary N) is 1. The number of aromatic amines is 1. The normalized spacial score (nSPS) is 10.5. The highest BCUT2D eigenvalue weighted by Crippen LogP contribution is 2.26. The molecular formula is C17H17N3O. The number of nitrogens with one attached hydrogen (secondary N) is 1. The minimum absolute atomic E-state index is 0.536.